The van der Waals surface area contributed by atoms with Crippen molar-refractivity contribution < 1.29 is 19.1 Å². The average Bonchev–Trinajstić information content (AvgIpc) is 3.57. The number of piperidine rings is 2. The smallest absolute Gasteiger partial charge is 0.255 e. The van der Waals surface area contributed by atoms with Crippen molar-refractivity contribution in [3.8, 4) is 11.4 Å². The van der Waals surface area contributed by atoms with Gasteiger partial charge in [0.05, 0.1) is 18.1 Å². The summed E-state index contributed by atoms with van der Waals surface area (Å²) < 4.78 is 6.24. The number of fused-ring (bicyclic) bond motifs is 1. The number of likely N-dealkylation sites (tertiary alicyclic amines) is 1. The van der Waals surface area contributed by atoms with Gasteiger partial charge in [-0.2, -0.15) is 15.0 Å². The van der Waals surface area contributed by atoms with Crippen LogP contribution in [0.5, 0.6) is 5.75 Å². The Balaban J connectivity index is 1.08. The quantitative estimate of drug-likeness (QED) is 0.483. The van der Waals surface area contributed by atoms with E-state index >= 15 is 0 Å². The third kappa shape index (κ3) is 4.91. The van der Waals surface area contributed by atoms with Crippen molar-refractivity contribution in [3.63, 3.8) is 0 Å². The summed E-state index contributed by atoms with van der Waals surface area (Å²) in [7, 11) is 0. The summed E-state index contributed by atoms with van der Waals surface area (Å²) in [5, 5.41) is 10.7. The van der Waals surface area contributed by atoms with Gasteiger partial charge in [0.1, 0.15) is 18.4 Å². The van der Waals surface area contributed by atoms with Gasteiger partial charge in [-0.1, -0.05) is 18.6 Å². The number of carbonyl (C=O) groups is 3. The van der Waals surface area contributed by atoms with E-state index in [0.717, 1.165) is 36.5 Å². The predicted octanol–water partition coefficient (Wildman–Crippen LogP) is 2.46. The van der Waals surface area contributed by atoms with Crippen LogP contribution in [0.1, 0.15) is 53.6 Å². The van der Waals surface area contributed by atoms with Crippen LogP contribution in [0, 0.1) is 0 Å². The van der Waals surface area contributed by atoms with Crippen LogP contribution in [0.3, 0.4) is 0 Å². The van der Waals surface area contributed by atoms with Crippen molar-refractivity contribution in [1.29, 1.82) is 0 Å². The lowest BCUT2D eigenvalue weighted by Crippen LogP contribution is -2.52. The molecule has 0 bridgehead atoms. The zero-order valence-corrected chi connectivity index (χ0v) is 21.1. The lowest BCUT2D eigenvalue weighted by atomic mass is 10.0. The third-order valence-corrected chi connectivity index (χ3v) is 7.66. The molecule has 4 heterocycles. The van der Waals surface area contributed by atoms with Crippen LogP contribution in [0.15, 0.2) is 54.9 Å². The van der Waals surface area contributed by atoms with Gasteiger partial charge >= 0.3 is 0 Å². The Morgan fingerprint density at radius 2 is 1.79 bits per heavy atom. The van der Waals surface area contributed by atoms with Crippen LogP contribution in [0.2, 0.25) is 0 Å². The van der Waals surface area contributed by atoms with E-state index in [0.29, 0.717) is 31.2 Å². The summed E-state index contributed by atoms with van der Waals surface area (Å²) in [6.07, 6.45) is 7.35. The molecule has 3 aliphatic rings. The Morgan fingerprint density at radius 1 is 0.974 bits per heavy atom. The highest BCUT2D eigenvalue weighted by Gasteiger charge is 2.39. The molecule has 2 unspecified atom stereocenters. The Bertz CT molecular complexity index is 1340. The zero-order chi connectivity index (χ0) is 26.1. The minimum Gasteiger partial charge on any atom is -0.492 e. The number of aromatic nitrogens is 3. The van der Waals surface area contributed by atoms with E-state index in [1.54, 1.807) is 28.2 Å². The number of carbonyl (C=O) groups excluding carboxylic acids is 3. The number of rotatable bonds is 7. The van der Waals surface area contributed by atoms with Crippen LogP contribution in [0.25, 0.3) is 5.69 Å². The second kappa shape index (κ2) is 10.4. The Hall–Kier alpha value is -4.05. The van der Waals surface area contributed by atoms with E-state index in [4.69, 9.17) is 4.74 Å². The average molecular weight is 515 g/mol. The lowest BCUT2D eigenvalue weighted by Gasteiger charge is -2.35. The van der Waals surface area contributed by atoms with Gasteiger partial charge in [-0.05, 0) is 67.3 Å². The first-order valence-corrected chi connectivity index (χ1v) is 13.2. The molecule has 0 aliphatic carbocycles. The Kier molecular flexibility index (Phi) is 6.63. The highest BCUT2D eigenvalue weighted by Crippen LogP contribution is 2.30. The van der Waals surface area contributed by atoms with Gasteiger partial charge in [0.15, 0.2) is 0 Å². The molecule has 196 valence electrons. The molecule has 0 saturated carbocycles. The monoisotopic (exact) mass is 514 g/mol. The molecule has 3 amide bonds. The number of imide groups is 1. The fraction of sp³-hybridized carbons (Fsp3) is 0.393. The molecule has 3 aromatic rings. The summed E-state index contributed by atoms with van der Waals surface area (Å²) in [6, 6.07) is 13.5. The normalized spacial score (nSPS) is 21.9. The second-order valence-electron chi connectivity index (χ2n) is 10.1. The summed E-state index contributed by atoms with van der Waals surface area (Å²) in [5.74, 6) is -0.132. The molecule has 0 radical (unpaired) electrons. The molecule has 2 fully saturated rings. The fourth-order valence-corrected chi connectivity index (χ4v) is 5.61. The van der Waals surface area contributed by atoms with E-state index in [-0.39, 0.29) is 18.2 Å². The fourth-order valence-electron chi connectivity index (χ4n) is 5.61. The number of amides is 3. The molecular weight excluding hydrogens is 484 g/mol. The van der Waals surface area contributed by atoms with Gasteiger partial charge < -0.3 is 9.64 Å². The minimum atomic E-state index is -0.613. The summed E-state index contributed by atoms with van der Waals surface area (Å²) >= 11 is 0. The molecule has 0 spiro atoms. The summed E-state index contributed by atoms with van der Waals surface area (Å²) in [5.41, 5.74) is 3.61. The van der Waals surface area contributed by atoms with Gasteiger partial charge in [-0.3, -0.25) is 24.6 Å². The number of benzene rings is 2. The minimum absolute atomic E-state index is 0.172. The largest absolute Gasteiger partial charge is 0.492 e. The van der Waals surface area contributed by atoms with Crippen molar-refractivity contribution in [2.24, 2.45) is 0 Å². The Labute approximate surface area is 220 Å². The van der Waals surface area contributed by atoms with Crippen LogP contribution in [0.4, 0.5) is 0 Å². The van der Waals surface area contributed by atoms with Crippen LogP contribution >= 0.6 is 0 Å². The predicted molar refractivity (Wildman–Crippen MR) is 137 cm³/mol. The molecule has 3 aliphatic heterocycles. The Morgan fingerprint density at radius 3 is 2.58 bits per heavy atom. The van der Waals surface area contributed by atoms with Crippen LogP contribution < -0.4 is 10.1 Å². The maximum absolute atomic E-state index is 12.9. The maximum atomic E-state index is 12.9. The van der Waals surface area contributed by atoms with Crippen molar-refractivity contribution >= 4 is 17.7 Å². The van der Waals surface area contributed by atoms with Gasteiger partial charge in [0.25, 0.3) is 5.91 Å². The van der Waals surface area contributed by atoms with Gasteiger partial charge in [0, 0.05) is 31.1 Å². The lowest BCUT2D eigenvalue weighted by molar-refractivity contribution is -0.136. The molecular formula is C28H30N6O4. The molecule has 38 heavy (non-hydrogen) atoms. The van der Waals surface area contributed by atoms with Crippen LogP contribution in [-0.4, -0.2) is 67.8 Å². The van der Waals surface area contributed by atoms with E-state index in [9.17, 15) is 14.4 Å². The number of nitrogens with one attached hydrogen (secondary N) is 1. The van der Waals surface area contributed by atoms with Crippen molar-refractivity contribution in [2.75, 3.05) is 13.2 Å². The van der Waals surface area contributed by atoms with E-state index in [1.165, 1.54) is 18.4 Å². The van der Waals surface area contributed by atoms with Crippen LogP contribution in [-0.2, 0) is 22.7 Å². The number of nitrogens with zero attached hydrogens (tertiary/aromatic N) is 5. The van der Waals surface area contributed by atoms with Crippen molar-refractivity contribution in [1.82, 2.24) is 30.1 Å². The van der Waals surface area contributed by atoms with Crippen molar-refractivity contribution in [2.45, 2.75) is 57.3 Å². The molecule has 10 heteroatoms. The summed E-state index contributed by atoms with van der Waals surface area (Å²) in [4.78, 5) is 42.4. The van der Waals surface area contributed by atoms with E-state index in [2.05, 4.69) is 32.5 Å². The number of hydrogen-bond acceptors (Lipinski definition) is 7. The standard InChI is InChI=1S/C28H30N6O4/c35-26-11-10-25(27(36)31-26)33-17-20-15-23(8-9-24(20)28(33)37)38-18-22-3-1-2-14-32(22)16-19-4-6-21(7-5-19)34-29-12-13-30-34/h4-9,12-13,15,22,25H,1-3,10-11,14,16-18H2,(H,31,35,36). The first kappa shape index (κ1) is 24.3. The highest BCUT2D eigenvalue weighted by molar-refractivity contribution is 6.05. The maximum Gasteiger partial charge on any atom is 0.255 e. The molecule has 10 nitrogen and oxygen atoms in total. The van der Waals surface area contributed by atoms with Gasteiger partial charge in [-0.25, -0.2) is 0 Å². The first-order chi connectivity index (χ1) is 18.5. The first-order valence-electron chi connectivity index (χ1n) is 13.2. The molecule has 6 rings (SSSR count). The summed E-state index contributed by atoms with van der Waals surface area (Å²) in [6.45, 7) is 2.78. The zero-order valence-electron chi connectivity index (χ0n) is 21.1. The van der Waals surface area contributed by atoms with E-state index < -0.39 is 11.9 Å². The third-order valence-electron chi connectivity index (χ3n) is 7.66. The van der Waals surface area contributed by atoms with E-state index in [1.807, 2.05) is 24.3 Å². The molecule has 2 atom stereocenters. The molecule has 2 aromatic carbocycles. The molecule has 2 saturated heterocycles. The number of ether oxygens (including phenoxy) is 1. The SMILES string of the molecule is O=C1CCC(N2Cc3cc(OCC4CCCCN4Cc4ccc(-n5nccn5)cc4)ccc3C2=O)C(=O)N1. The van der Waals surface area contributed by atoms with Crippen molar-refractivity contribution in [3.05, 3.63) is 71.5 Å². The molecule has 1 aromatic heterocycles. The van der Waals surface area contributed by atoms with Gasteiger partial charge in [-0.15, -0.1) is 0 Å². The topological polar surface area (TPSA) is 110 Å². The highest BCUT2D eigenvalue weighted by atomic mass is 16.5. The molecule has 1 N–H and O–H groups in total. The van der Waals surface area contributed by atoms with Gasteiger partial charge in [0.2, 0.25) is 11.8 Å². The second-order valence-corrected chi connectivity index (χ2v) is 10.1. The number of hydrogen-bond donors (Lipinski definition) is 1.